The number of pyridine rings is 1. The van der Waals surface area contributed by atoms with Crippen LogP contribution in [0.2, 0.25) is 0 Å². The van der Waals surface area contributed by atoms with Crippen molar-refractivity contribution in [1.82, 2.24) is 25.0 Å². The van der Waals surface area contributed by atoms with Crippen molar-refractivity contribution in [2.45, 2.75) is 57.7 Å². The maximum Gasteiger partial charge on any atom is 0.410 e. The summed E-state index contributed by atoms with van der Waals surface area (Å²) in [6, 6.07) is 3.33. The van der Waals surface area contributed by atoms with Crippen molar-refractivity contribution in [3.05, 3.63) is 41.0 Å². The molecule has 1 saturated carbocycles. The number of ether oxygens (including phenoxy) is 1. The smallest absolute Gasteiger partial charge is 0.410 e. The Balaban J connectivity index is 1.55. The topological polar surface area (TPSA) is 112 Å². The summed E-state index contributed by atoms with van der Waals surface area (Å²) in [5.74, 6) is -0.127. The average Bonchev–Trinajstić information content (AvgIpc) is 3.39. The number of aromatic nitrogens is 3. The highest BCUT2D eigenvalue weighted by molar-refractivity contribution is 5.95. The van der Waals surface area contributed by atoms with E-state index in [-0.39, 0.29) is 18.2 Å². The number of aromatic hydroxyl groups is 1. The first kappa shape index (κ1) is 20.2. The number of carbonyl (C=O) groups is 2. The molecule has 1 aliphatic carbocycles. The Morgan fingerprint density at radius 2 is 2.03 bits per heavy atom. The summed E-state index contributed by atoms with van der Waals surface area (Å²) in [5.41, 5.74) is 1.61. The fourth-order valence-corrected chi connectivity index (χ4v) is 3.85. The number of carbonyl (C=O) groups excluding carboxylic acids is 2. The molecule has 2 aromatic rings. The molecule has 9 heteroatoms. The van der Waals surface area contributed by atoms with Gasteiger partial charge in [0.2, 0.25) is 0 Å². The number of amides is 2. The summed E-state index contributed by atoms with van der Waals surface area (Å²) >= 11 is 0. The van der Waals surface area contributed by atoms with E-state index in [0.717, 1.165) is 29.8 Å². The molecule has 0 unspecified atom stereocenters. The number of rotatable bonds is 3. The van der Waals surface area contributed by atoms with Crippen LogP contribution in [0.5, 0.6) is 5.75 Å². The fourth-order valence-electron chi connectivity index (χ4n) is 3.85. The average molecular weight is 413 g/mol. The van der Waals surface area contributed by atoms with Crippen LogP contribution in [0.25, 0.3) is 0 Å². The molecule has 0 bridgehead atoms. The minimum atomic E-state index is -0.581. The van der Waals surface area contributed by atoms with E-state index >= 15 is 0 Å². The molecule has 2 aromatic heterocycles. The minimum Gasteiger partial charge on any atom is -0.506 e. The largest absolute Gasteiger partial charge is 0.506 e. The molecule has 1 aliphatic heterocycles. The van der Waals surface area contributed by atoms with Gasteiger partial charge in [0.15, 0.2) is 5.69 Å². The fraction of sp³-hybridized carbons (Fsp3) is 0.524. The second-order valence-electron chi connectivity index (χ2n) is 8.98. The van der Waals surface area contributed by atoms with Crippen LogP contribution >= 0.6 is 0 Å². The van der Waals surface area contributed by atoms with Crippen LogP contribution in [0.3, 0.4) is 0 Å². The zero-order chi connectivity index (χ0) is 21.7. The predicted octanol–water partition coefficient (Wildman–Crippen LogP) is 2.56. The minimum absolute atomic E-state index is 0.0899. The van der Waals surface area contributed by atoms with Gasteiger partial charge < -0.3 is 19.6 Å². The first-order valence-electron chi connectivity index (χ1n) is 10.1. The predicted molar refractivity (Wildman–Crippen MR) is 108 cm³/mol. The molecule has 0 spiro atoms. The van der Waals surface area contributed by atoms with E-state index in [4.69, 9.17) is 4.74 Å². The van der Waals surface area contributed by atoms with Gasteiger partial charge in [0.1, 0.15) is 11.4 Å². The van der Waals surface area contributed by atoms with Crippen LogP contribution < -0.4 is 0 Å². The normalized spacial score (nSPS) is 17.3. The number of H-pyrrole nitrogens is 1. The summed E-state index contributed by atoms with van der Waals surface area (Å²) in [7, 11) is 1.75. The SMILES string of the molecule is CN(C(=O)c1n[nH]c2c1CN(C(=O)OC(C)(C)C)CC2)C1(c2ccc(O)cn2)CC1. The molecule has 1 fully saturated rings. The molecule has 2 aliphatic rings. The summed E-state index contributed by atoms with van der Waals surface area (Å²) < 4.78 is 5.48. The van der Waals surface area contributed by atoms with Crippen LogP contribution in [0, 0.1) is 0 Å². The molecule has 0 saturated heterocycles. The second-order valence-corrected chi connectivity index (χ2v) is 8.98. The van der Waals surface area contributed by atoms with E-state index < -0.39 is 17.2 Å². The molecular formula is C21H27N5O4. The van der Waals surface area contributed by atoms with Crippen LogP contribution in [0.15, 0.2) is 18.3 Å². The molecule has 2 amide bonds. The quantitative estimate of drug-likeness (QED) is 0.800. The van der Waals surface area contributed by atoms with Gasteiger partial charge in [-0.1, -0.05) is 0 Å². The van der Waals surface area contributed by atoms with Crippen LogP contribution in [0.4, 0.5) is 4.79 Å². The summed E-state index contributed by atoms with van der Waals surface area (Å²) in [4.78, 5) is 33.4. The second kappa shape index (κ2) is 7.00. The third-order valence-electron chi connectivity index (χ3n) is 5.68. The van der Waals surface area contributed by atoms with Crippen molar-refractivity contribution in [2.75, 3.05) is 13.6 Å². The lowest BCUT2D eigenvalue weighted by Crippen LogP contribution is -2.41. The first-order chi connectivity index (χ1) is 14.1. The van der Waals surface area contributed by atoms with Gasteiger partial charge >= 0.3 is 6.09 Å². The van der Waals surface area contributed by atoms with Gasteiger partial charge in [-0.05, 0) is 45.7 Å². The highest BCUT2D eigenvalue weighted by atomic mass is 16.6. The van der Waals surface area contributed by atoms with Gasteiger partial charge in [0, 0.05) is 31.3 Å². The van der Waals surface area contributed by atoms with Gasteiger partial charge in [-0.2, -0.15) is 5.10 Å². The lowest BCUT2D eigenvalue weighted by molar-refractivity contribution is 0.0221. The molecule has 3 heterocycles. The number of aromatic amines is 1. The Morgan fingerprint density at radius 3 is 2.63 bits per heavy atom. The van der Waals surface area contributed by atoms with Gasteiger partial charge in [0.25, 0.3) is 5.91 Å². The molecule has 4 rings (SSSR count). The number of hydrogen-bond acceptors (Lipinski definition) is 6. The van der Waals surface area contributed by atoms with Crippen LogP contribution in [-0.4, -0.2) is 61.3 Å². The molecule has 160 valence electrons. The molecule has 0 radical (unpaired) electrons. The number of nitrogens with one attached hydrogen (secondary N) is 1. The lowest BCUT2D eigenvalue weighted by atomic mass is 10.0. The monoisotopic (exact) mass is 413 g/mol. The summed E-state index contributed by atoms with van der Waals surface area (Å²) in [6.45, 7) is 6.27. The van der Waals surface area contributed by atoms with Crippen molar-refractivity contribution in [2.24, 2.45) is 0 Å². The lowest BCUT2D eigenvalue weighted by Gasteiger charge is -2.31. The number of nitrogens with zero attached hydrogens (tertiary/aromatic N) is 4. The highest BCUT2D eigenvalue weighted by Crippen LogP contribution is 2.50. The number of hydrogen-bond donors (Lipinski definition) is 2. The number of fused-ring (bicyclic) bond motifs is 1. The Bertz CT molecular complexity index is 972. The van der Waals surface area contributed by atoms with E-state index in [1.807, 2.05) is 20.8 Å². The molecule has 9 nitrogen and oxygen atoms in total. The first-order valence-corrected chi connectivity index (χ1v) is 10.1. The summed E-state index contributed by atoms with van der Waals surface area (Å²) in [5, 5.41) is 16.8. The van der Waals surface area contributed by atoms with E-state index in [9.17, 15) is 14.7 Å². The van der Waals surface area contributed by atoms with E-state index in [1.54, 1.807) is 29.0 Å². The molecule has 0 atom stereocenters. The van der Waals surface area contributed by atoms with Crippen molar-refractivity contribution >= 4 is 12.0 Å². The highest BCUT2D eigenvalue weighted by Gasteiger charge is 2.52. The van der Waals surface area contributed by atoms with E-state index in [1.165, 1.54) is 6.20 Å². The Hall–Kier alpha value is -3.10. The maximum absolute atomic E-state index is 13.3. The van der Waals surface area contributed by atoms with Crippen LogP contribution in [0.1, 0.15) is 61.1 Å². The van der Waals surface area contributed by atoms with Crippen molar-refractivity contribution in [3.8, 4) is 5.75 Å². The zero-order valence-electron chi connectivity index (χ0n) is 17.7. The maximum atomic E-state index is 13.3. The van der Waals surface area contributed by atoms with Crippen molar-refractivity contribution in [3.63, 3.8) is 0 Å². The van der Waals surface area contributed by atoms with Gasteiger partial charge in [-0.3, -0.25) is 14.9 Å². The van der Waals surface area contributed by atoms with Gasteiger partial charge in [-0.25, -0.2) is 4.79 Å². The Labute approximate surface area is 175 Å². The standard InChI is InChI=1S/C21H27N5O4/c1-20(2,3)30-19(29)26-10-7-15-14(12-26)17(24-23-15)18(28)25(4)21(8-9-21)16-6-5-13(27)11-22-16/h5-6,11,27H,7-10,12H2,1-4H3,(H,23,24). The third-order valence-corrected chi connectivity index (χ3v) is 5.68. The van der Waals surface area contributed by atoms with Crippen LogP contribution in [-0.2, 0) is 23.2 Å². The van der Waals surface area contributed by atoms with Crippen molar-refractivity contribution in [1.29, 1.82) is 0 Å². The molecule has 0 aromatic carbocycles. The van der Waals surface area contributed by atoms with Crippen molar-refractivity contribution < 1.29 is 19.4 Å². The van der Waals surface area contributed by atoms with E-state index in [0.29, 0.717) is 18.7 Å². The molecular weight excluding hydrogens is 386 g/mol. The van der Waals surface area contributed by atoms with Gasteiger partial charge in [0.05, 0.1) is 24.0 Å². The third kappa shape index (κ3) is 3.59. The molecule has 2 N–H and O–H groups in total. The Kier molecular flexibility index (Phi) is 4.71. The van der Waals surface area contributed by atoms with E-state index in [2.05, 4.69) is 15.2 Å². The zero-order valence-corrected chi connectivity index (χ0v) is 17.7. The molecule has 30 heavy (non-hydrogen) atoms. The summed E-state index contributed by atoms with van der Waals surface area (Å²) in [6.07, 6.45) is 3.17. The Morgan fingerprint density at radius 1 is 1.30 bits per heavy atom. The van der Waals surface area contributed by atoms with Gasteiger partial charge in [-0.15, -0.1) is 0 Å².